The SMILES string of the molecule is O=C(CCC(=O)c1ccc(Cl)cc1)NCC#CCOc1ccc(F)cc1F. The Morgan fingerprint density at radius 2 is 1.78 bits per heavy atom. The van der Waals surface area contributed by atoms with E-state index in [4.69, 9.17) is 16.3 Å². The maximum atomic E-state index is 13.3. The lowest BCUT2D eigenvalue weighted by atomic mass is 10.1. The summed E-state index contributed by atoms with van der Waals surface area (Å²) < 4.78 is 31.1. The van der Waals surface area contributed by atoms with Crippen LogP contribution in [0.1, 0.15) is 23.2 Å². The van der Waals surface area contributed by atoms with E-state index in [1.54, 1.807) is 24.3 Å². The molecule has 7 heteroatoms. The molecule has 2 rings (SSSR count). The summed E-state index contributed by atoms with van der Waals surface area (Å²) in [4.78, 5) is 23.6. The van der Waals surface area contributed by atoms with Crippen molar-refractivity contribution in [2.75, 3.05) is 13.2 Å². The van der Waals surface area contributed by atoms with Crippen molar-refractivity contribution >= 4 is 23.3 Å². The highest BCUT2D eigenvalue weighted by molar-refractivity contribution is 6.30. The van der Waals surface area contributed by atoms with Crippen molar-refractivity contribution in [3.63, 3.8) is 0 Å². The van der Waals surface area contributed by atoms with Crippen LogP contribution in [0.15, 0.2) is 42.5 Å². The summed E-state index contributed by atoms with van der Waals surface area (Å²) in [5.41, 5.74) is 0.497. The molecule has 1 N–H and O–H groups in total. The average Bonchev–Trinajstić information content (AvgIpc) is 2.64. The minimum absolute atomic E-state index is 0.0421. The normalized spacial score (nSPS) is 9.89. The Hall–Kier alpha value is -2.91. The van der Waals surface area contributed by atoms with Gasteiger partial charge in [0, 0.05) is 29.5 Å². The fraction of sp³-hybridized carbons (Fsp3) is 0.200. The topological polar surface area (TPSA) is 55.4 Å². The first kappa shape index (κ1) is 20.4. The van der Waals surface area contributed by atoms with Gasteiger partial charge >= 0.3 is 0 Å². The van der Waals surface area contributed by atoms with Crippen molar-refractivity contribution in [3.05, 3.63) is 64.7 Å². The molecule has 27 heavy (non-hydrogen) atoms. The summed E-state index contributed by atoms with van der Waals surface area (Å²) in [5.74, 6) is 3.18. The van der Waals surface area contributed by atoms with Gasteiger partial charge in [-0.2, -0.15) is 0 Å². The zero-order valence-electron chi connectivity index (χ0n) is 14.2. The Labute approximate surface area is 160 Å². The summed E-state index contributed by atoms with van der Waals surface area (Å²) in [7, 11) is 0. The molecule has 0 saturated carbocycles. The fourth-order valence-electron chi connectivity index (χ4n) is 2.06. The van der Waals surface area contributed by atoms with E-state index in [1.165, 1.54) is 6.07 Å². The molecule has 2 aromatic carbocycles. The van der Waals surface area contributed by atoms with Crippen molar-refractivity contribution < 1.29 is 23.1 Å². The van der Waals surface area contributed by atoms with E-state index >= 15 is 0 Å². The van der Waals surface area contributed by atoms with E-state index in [9.17, 15) is 18.4 Å². The molecule has 1 amide bonds. The van der Waals surface area contributed by atoms with Gasteiger partial charge in [-0.1, -0.05) is 23.4 Å². The third-order valence-electron chi connectivity index (χ3n) is 3.44. The van der Waals surface area contributed by atoms with Gasteiger partial charge in [-0.25, -0.2) is 8.78 Å². The predicted octanol–water partition coefficient (Wildman–Crippen LogP) is 3.78. The van der Waals surface area contributed by atoms with E-state index < -0.39 is 11.6 Å². The molecule has 0 aliphatic heterocycles. The Kier molecular flexibility index (Phi) is 7.78. The quantitative estimate of drug-likeness (QED) is 0.577. The monoisotopic (exact) mass is 391 g/mol. The lowest BCUT2D eigenvalue weighted by Crippen LogP contribution is -2.24. The van der Waals surface area contributed by atoms with Crippen molar-refractivity contribution in [1.82, 2.24) is 5.32 Å². The van der Waals surface area contributed by atoms with Gasteiger partial charge in [-0.05, 0) is 36.4 Å². The second-order valence-corrected chi connectivity index (χ2v) is 5.86. The van der Waals surface area contributed by atoms with Gasteiger partial charge < -0.3 is 10.1 Å². The number of carbonyl (C=O) groups excluding carboxylic acids is 2. The molecule has 0 radical (unpaired) electrons. The van der Waals surface area contributed by atoms with Crippen LogP contribution in [-0.2, 0) is 4.79 Å². The number of rotatable bonds is 7. The van der Waals surface area contributed by atoms with Gasteiger partial charge in [0.25, 0.3) is 0 Å². The molecule has 140 valence electrons. The van der Waals surface area contributed by atoms with Gasteiger partial charge in [0.15, 0.2) is 17.3 Å². The number of benzene rings is 2. The first-order chi connectivity index (χ1) is 13.0. The first-order valence-electron chi connectivity index (χ1n) is 8.05. The van der Waals surface area contributed by atoms with Crippen LogP contribution in [0.25, 0.3) is 0 Å². The van der Waals surface area contributed by atoms with E-state index in [0.717, 1.165) is 6.07 Å². The minimum atomic E-state index is -0.810. The van der Waals surface area contributed by atoms with E-state index in [-0.39, 0.29) is 43.4 Å². The van der Waals surface area contributed by atoms with Crippen LogP contribution in [0.4, 0.5) is 8.78 Å². The number of amides is 1. The van der Waals surface area contributed by atoms with Gasteiger partial charge in [-0.15, -0.1) is 0 Å². The van der Waals surface area contributed by atoms with Crippen LogP contribution in [-0.4, -0.2) is 24.8 Å². The average molecular weight is 392 g/mol. The standard InChI is InChI=1S/C20H16ClF2NO3/c21-15-5-3-14(4-6-15)18(25)8-10-20(26)24-11-1-2-12-27-19-9-7-16(22)13-17(19)23/h3-7,9,13H,8,10-12H2,(H,24,26). The Bertz CT molecular complexity index is 873. The maximum Gasteiger partial charge on any atom is 0.221 e. The number of ketones is 1. The molecule has 0 aliphatic carbocycles. The highest BCUT2D eigenvalue weighted by Crippen LogP contribution is 2.17. The van der Waals surface area contributed by atoms with Crippen LogP contribution in [0.3, 0.4) is 0 Å². The maximum absolute atomic E-state index is 13.3. The molecular formula is C20H16ClF2NO3. The smallest absolute Gasteiger partial charge is 0.221 e. The molecule has 2 aromatic rings. The third-order valence-corrected chi connectivity index (χ3v) is 3.69. The lowest BCUT2D eigenvalue weighted by molar-refractivity contribution is -0.120. The Morgan fingerprint density at radius 1 is 1.04 bits per heavy atom. The molecular weight excluding hydrogens is 376 g/mol. The van der Waals surface area contributed by atoms with Crippen molar-refractivity contribution in [1.29, 1.82) is 0 Å². The van der Waals surface area contributed by atoms with Crippen LogP contribution >= 0.6 is 11.6 Å². The molecule has 0 heterocycles. The summed E-state index contributed by atoms with van der Waals surface area (Å²) in [6.07, 6.45) is 0.119. The molecule has 0 bridgehead atoms. The number of ether oxygens (including phenoxy) is 1. The molecule has 0 spiro atoms. The number of halogens is 3. The second-order valence-electron chi connectivity index (χ2n) is 5.42. The molecule has 0 aromatic heterocycles. The zero-order chi connectivity index (χ0) is 19.6. The summed E-state index contributed by atoms with van der Waals surface area (Å²) in [5, 5.41) is 3.09. The van der Waals surface area contributed by atoms with E-state index in [1.807, 2.05) is 0 Å². The number of Topliss-reactive ketones (excluding diaryl/α,β-unsaturated/α-hetero) is 1. The summed E-state index contributed by atoms with van der Waals surface area (Å²) in [6.45, 7) is -0.0310. The van der Waals surface area contributed by atoms with Crippen molar-refractivity contribution in [2.24, 2.45) is 0 Å². The molecule has 0 unspecified atom stereocenters. The molecule has 0 atom stereocenters. The number of nitrogens with one attached hydrogen (secondary N) is 1. The predicted molar refractivity (Wildman–Crippen MR) is 97.7 cm³/mol. The zero-order valence-corrected chi connectivity index (χ0v) is 15.0. The van der Waals surface area contributed by atoms with Crippen LogP contribution in [0.5, 0.6) is 5.75 Å². The van der Waals surface area contributed by atoms with Gasteiger partial charge in [0.05, 0.1) is 6.54 Å². The van der Waals surface area contributed by atoms with Gasteiger partial charge in [-0.3, -0.25) is 9.59 Å². The van der Waals surface area contributed by atoms with Crippen LogP contribution < -0.4 is 10.1 Å². The van der Waals surface area contributed by atoms with E-state index in [0.29, 0.717) is 16.7 Å². The minimum Gasteiger partial charge on any atom is -0.478 e. The van der Waals surface area contributed by atoms with Gasteiger partial charge in [0.2, 0.25) is 5.91 Å². The largest absolute Gasteiger partial charge is 0.478 e. The van der Waals surface area contributed by atoms with E-state index in [2.05, 4.69) is 17.2 Å². The molecule has 0 aliphatic rings. The van der Waals surface area contributed by atoms with Gasteiger partial charge in [0.1, 0.15) is 12.4 Å². The highest BCUT2D eigenvalue weighted by Gasteiger charge is 2.08. The molecule has 4 nitrogen and oxygen atoms in total. The summed E-state index contributed by atoms with van der Waals surface area (Å²) in [6, 6.07) is 9.42. The first-order valence-corrected chi connectivity index (χ1v) is 8.42. The number of carbonyl (C=O) groups is 2. The highest BCUT2D eigenvalue weighted by atomic mass is 35.5. The van der Waals surface area contributed by atoms with Crippen molar-refractivity contribution in [3.8, 4) is 17.6 Å². The number of hydrogen-bond acceptors (Lipinski definition) is 3. The lowest BCUT2D eigenvalue weighted by Gasteiger charge is -2.03. The summed E-state index contributed by atoms with van der Waals surface area (Å²) >= 11 is 5.76. The van der Waals surface area contributed by atoms with Crippen LogP contribution in [0.2, 0.25) is 5.02 Å². The number of hydrogen-bond donors (Lipinski definition) is 1. The Morgan fingerprint density at radius 3 is 2.48 bits per heavy atom. The third kappa shape index (κ3) is 7.08. The molecule has 0 fully saturated rings. The van der Waals surface area contributed by atoms with Crippen LogP contribution in [0, 0.1) is 23.5 Å². The van der Waals surface area contributed by atoms with Crippen molar-refractivity contribution in [2.45, 2.75) is 12.8 Å². The molecule has 0 saturated heterocycles. The second kappa shape index (κ2) is 10.3. The fourth-order valence-corrected chi connectivity index (χ4v) is 2.18. The Balaban J connectivity index is 1.65.